The highest BCUT2D eigenvalue weighted by Crippen LogP contribution is 1.94. The molecule has 0 spiro atoms. The third kappa shape index (κ3) is 8.85. The van der Waals surface area contributed by atoms with Gasteiger partial charge < -0.3 is 14.5 Å². The predicted molar refractivity (Wildman–Crippen MR) is 66.4 cm³/mol. The van der Waals surface area contributed by atoms with E-state index in [1.165, 1.54) is 0 Å². The van der Waals surface area contributed by atoms with Crippen molar-refractivity contribution in [1.82, 2.24) is 9.80 Å². The van der Waals surface area contributed by atoms with Gasteiger partial charge >= 0.3 is 0 Å². The molecule has 0 atom stereocenters. The Morgan fingerprint density at radius 3 is 2.00 bits per heavy atom. The molecule has 0 bridgehead atoms. The molecule has 0 fully saturated rings. The highest BCUT2D eigenvalue weighted by atomic mass is 16.5. The third-order valence-corrected chi connectivity index (χ3v) is 2.64. The average Bonchev–Trinajstić information content (AvgIpc) is 2.13. The molecule has 0 unspecified atom stereocenters. The molecule has 3 heteroatoms. The van der Waals surface area contributed by atoms with Crippen LogP contribution in [0.25, 0.3) is 0 Å². The molecule has 0 heterocycles. The van der Waals surface area contributed by atoms with E-state index >= 15 is 0 Å². The minimum Gasteiger partial charge on any atom is -0.377 e. The number of rotatable bonds is 8. The SMILES string of the molecule is CC(C)OCCN(C)CCN(C)C(C)C. The standard InChI is InChI=1S/C12H28N2O/c1-11(2)14(6)8-7-13(5)9-10-15-12(3)4/h11-12H,7-10H2,1-6H3. The third-order valence-electron chi connectivity index (χ3n) is 2.64. The van der Waals surface area contributed by atoms with Crippen molar-refractivity contribution in [2.45, 2.75) is 39.8 Å². The highest BCUT2D eigenvalue weighted by molar-refractivity contribution is 4.60. The van der Waals surface area contributed by atoms with Crippen molar-refractivity contribution in [3.8, 4) is 0 Å². The summed E-state index contributed by atoms with van der Waals surface area (Å²) < 4.78 is 5.51. The molecule has 0 aliphatic heterocycles. The number of likely N-dealkylation sites (N-methyl/N-ethyl adjacent to an activating group) is 2. The van der Waals surface area contributed by atoms with E-state index in [2.05, 4.69) is 51.6 Å². The van der Waals surface area contributed by atoms with Crippen LogP contribution >= 0.6 is 0 Å². The second-order valence-electron chi connectivity index (χ2n) is 4.80. The van der Waals surface area contributed by atoms with Crippen molar-refractivity contribution in [2.24, 2.45) is 0 Å². The van der Waals surface area contributed by atoms with E-state index in [1.54, 1.807) is 0 Å². The number of hydrogen-bond donors (Lipinski definition) is 0. The van der Waals surface area contributed by atoms with Crippen LogP contribution in [0.1, 0.15) is 27.7 Å². The van der Waals surface area contributed by atoms with E-state index in [9.17, 15) is 0 Å². The van der Waals surface area contributed by atoms with Gasteiger partial charge in [-0.25, -0.2) is 0 Å². The smallest absolute Gasteiger partial charge is 0.0596 e. The maximum absolute atomic E-state index is 5.51. The molecule has 0 amide bonds. The van der Waals surface area contributed by atoms with Crippen LogP contribution in [-0.4, -0.2) is 62.3 Å². The van der Waals surface area contributed by atoms with Crippen LogP contribution in [-0.2, 0) is 4.74 Å². The lowest BCUT2D eigenvalue weighted by Crippen LogP contribution is -2.36. The van der Waals surface area contributed by atoms with Crippen molar-refractivity contribution in [1.29, 1.82) is 0 Å². The Kier molecular flexibility index (Phi) is 8.02. The maximum Gasteiger partial charge on any atom is 0.0596 e. The molecular weight excluding hydrogens is 188 g/mol. The van der Waals surface area contributed by atoms with Crippen molar-refractivity contribution in [3.63, 3.8) is 0 Å². The van der Waals surface area contributed by atoms with Gasteiger partial charge in [-0.05, 0) is 41.8 Å². The fourth-order valence-corrected chi connectivity index (χ4v) is 1.14. The van der Waals surface area contributed by atoms with Gasteiger partial charge in [-0.2, -0.15) is 0 Å². The van der Waals surface area contributed by atoms with Gasteiger partial charge in [-0.1, -0.05) is 0 Å². The van der Waals surface area contributed by atoms with Crippen LogP contribution in [0.15, 0.2) is 0 Å². The van der Waals surface area contributed by atoms with Crippen LogP contribution in [0, 0.1) is 0 Å². The van der Waals surface area contributed by atoms with Gasteiger partial charge in [-0.15, -0.1) is 0 Å². The first kappa shape index (κ1) is 14.9. The normalized spacial score (nSPS) is 12.4. The highest BCUT2D eigenvalue weighted by Gasteiger charge is 2.05. The molecule has 0 rings (SSSR count). The lowest BCUT2D eigenvalue weighted by Gasteiger charge is -2.24. The summed E-state index contributed by atoms with van der Waals surface area (Å²) in [6.45, 7) is 12.7. The van der Waals surface area contributed by atoms with Gasteiger partial charge in [0.25, 0.3) is 0 Å². The van der Waals surface area contributed by atoms with E-state index in [1.807, 2.05) is 0 Å². The van der Waals surface area contributed by atoms with Crippen LogP contribution < -0.4 is 0 Å². The van der Waals surface area contributed by atoms with Gasteiger partial charge in [0.1, 0.15) is 0 Å². The van der Waals surface area contributed by atoms with E-state index in [4.69, 9.17) is 4.74 Å². The Bertz CT molecular complexity index is 149. The molecule has 0 aliphatic carbocycles. The average molecular weight is 216 g/mol. The van der Waals surface area contributed by atoms with Crippen LogP contribution in [0.4, 0.5) is 0 Å². The largest absolute Gasteiger partial charge is 0.377 e. The Morgan fingerprint density at radius 1 is 0.933 bits per heavy atom. The summed E-state index contributed by atoms with van der Waals surface area (Å²) in [6, 6.07) is 0.630. The monoisotopic (exact) mass is 216 g/mol. The zero-order valence-electron chi connectivity index (χ0n) is 11.3. The number of ether oxygens (including phenoxy) is 1. The number of hydrogen-bond acceptors (Lipinski definition) is 3. The van der Waals surface area contributed by atoms with Gasteiger partial charge in [0.05, 0.1) is 12.7 Å². The number of nitrogens with zero attached hydrogens (tertiary/aromatic N) is 2. The molecule has 0 aromatic carbocycles. The predicted octanol–water partition coefficient (Wildman–Crippen LogP) is 1.68. The minimum atomic E-state index is 0.344. The fraction of sp³-hybridized carbons (Fsp3) is 1.00. The molecule has 0 saturated heterocycles. The van der Waals surface area contributed by atoms with Crippen molar-refractivity contribution >= 4 is 0 Å². The summed E-state index contributed by atoms with van der Waals surface area (Å²) in [4.78, 5) is 4.68. The van der Waals surface area contributed by atoms with Gasteiger partial charge in [-0.3, -0.25) is 0 Å². The summed E-state index contributed by atoms with van der Waals surface area (Å²) in [7, 11) is 4.32. The first-order chi connectivity index (χ1) is 6.93. The molecular formula is C12H28N2O. The lowest BCUT2D eigenvalue weighted by atomic mass is 10.3. The molecule has 15 heavy (non-hydrogen) atoms. The maximum atomic E-state index is 5.51. The summed E-state index contributed by atoms with van der Waals surface area (Å²) in [6.07, 6.45) is 0.344. The first-order valence-corrected chi connectivity index (χ1v) is 5.94. The van der Waals surface area contributed by atoms with Crippen molar-refractivity contribution < 1.29 is 4.74 Å². The Hall–Kier alpha value is -0.120. The molecule has 3 nitrogen and oxygen atoms in total. The van der Waals surface area contributed by atoms with Crippen molar-refractivity contribution in [3.05, 3.63) is 0 Å². The van der Waals surface area contributed by atoms with Crippen LogP contribution in [0.2, 0.25) is 0 Å². The molecule has 0 N–H and O–H groups in total. The molecule has 0 aliphatic rings. The molecule has 0 saturated carbocycles. The Balaban J connectivity index is 3.44. The summed E-state index contributed by atoms with van der Waals surface area (Å²) in [5.74, 6) is 0. The summed E-state index contributed by atoms with van der Waals surface area (Å²) in [5.41, 5.74) is 0. The van der Waals surface area contributed by atoms with Gasteiger partial charge in [0.2, 0.25) is 0 Å². The van der Waals surface area contributed by atoms with Crippen LogP contribution in [0.5, 0.6) is 0 Å². The lowest BCUT2D eigenvalue weighted by molar-refractivity contribution is 0.0620. The molecule has 0 radical (unpaired) electrons. The summed E-state index contributed by atoms with van der Waals surface area (Å²) in [5, 5.41) is 0. The second kappa shape index (κ2) is 8.08. The zero-order chi connectivity index (χ0) is 11.8. The van der Waals surface area contributed by atoms with E-state index < -0.39 is 0 Å². The minimum absolute atomic E-state index is 0.344. The van der Waals surface area contributed by atoms with Gasteiger partial charge in [0, 0.05) is 25.7 Å². The topological polar surface area (TPSA) is 15.7 Å². The van der Waals surface area contributed by atoms with E-state index in [0.717, 1.165) is 26.2 Å². The second-order valence-corrected chi connectivity index (χ2v) is 4.80. The first-order valence-electron chi connectivity index (χ1n) is 5.94. The quantitative estimate of drug-likeness (QED) is 0.614. The molecule has 0 aromatic heterocycles. The zero-order valence-corrected chi connectivity index (χ0v) is 11.3. The van der Waals surface area contributed by atoms with Gasteiger partial charge in [0.15, 0.2) is 0 Å². The Morgan fingerprint density at radius 2 is 1.53 bits per heavy atom. The fourth-order valence-electron chi connectivity index (χ4n) is 1.14. The Labute approximate surface area is 95.4 Å². The molecule has 0 aromatic rings. The van der Waals surface area contributed by atoms with Crippen LogP contribution in [0.3, 0.4) is 0 Å². The molecule has 92 valence electrons. The summed E-state index contributed by atoms with van der Waals surface area (Å²) >= 11 is 0. The van der Waals surface area contributed by atoms with Crippen molar-refractivity contribution in [2.75, 3.05) is 40.3 Å². The van der Waals surface area contributed by atoms with E-state index in [-0.39, 0.29) is 0 Å². The van der Waals surface area contributed by atoms with E-state index in [0.29, 0.717) is 12.1 Å².